The van der Waals surface area contributed by atoms with Crippen LogP contribution in [-0.2, 0) is 28.4 Å². The zero-order valence-electron chi connectivity index (χ0n) is 6.10. The van der Waals surface area contributed by atoms with Gasteiger partial charge in [0.2, 0.25) is 0 Å². The van der Waals surface area contributed by atoms with Crippen LogP contribution < -0.4 is 4.18 Å². The van der Waals surface area contributed by atoms with Crippen molar-refractivity contribution in [2.75, 3.05) is 0 Å². The molecule has 0 amide bonds. The first-order valence-corrected chi connectivity index (χ1v) is 18.2. The SMILES string of the molecule is O=[S](=O)(Oc1ccccc1)[Hg][Cl]. The van der Waals surface area contributed by atoms with Crippen molar-refractivity contribution in [2.24, 2.45) is 0 Å². The van der Waals surface area contributed by atoms with E-state index in [1.54, 1.807) is 30.3 Å². The summed E-state index contributed by atoms with van der Waals surface area (Å²) in [5, 5.41) is 0. The Bertz CT molecular complexity index is 337. The fourth-order valence-electron chi connectivity index (χ4n) is 0.645. The Morgan fingerprint density at radius 1 is 1.25 bits per heavy atom. The first-order valence-electron chi connectivity index (χ1n) is 3.17. The zero-order chi connectivity index (χ0) is 9.03. The molecule has 0 heterocycles. The summed E-state index contributed by atoms with van der Waals surface area (Å²) < 4.78 is 26.5. The van der Waals surface area contributed by atoms with Crippen molar-refractivity contribution in [3.05, 3.63) is 30.3 Å². The number of benzene rings is 1. The average Bonchev–Trinajstić information content (AvgIpc) is 2.06. The van der Waals surface area contributed by atoms with Crippen molar-refractivity contribution in [1.29, 1.82) is 0 Å². The van der Waals surface area contributed by atoms with Gasteiger partial charge < -0.3 is 0 Å². The number of rotatable bonds is 3. The summed E-state index contributed by atoms with van der Waals surface area (Å²) in [6.45, 7) is -3.38. The van der Waals surface area contributed by atoms with Crippen LogP contribution in [0, 0.1) is 0 Å². The van der Waals surface area contributed by atoms with Gasteiger partial charge in [-0.2, -0.15) is 0 Å². The number of hydrogen-bond donors (Lipinski definition) is 0. The number of hydrogen-bond acceptors (Lipinski definition) is 3. The summed E-state index contributed by atoms with van der Waals surface area (Å²) in [4.78, 5) is 0. The zero-order valence-corrected chi connectivity index (χ0v) is 13.2. The van der Waals surface area contributed by atoms with Gasteiger partial charge in [-0.05, 0) is 0 Å². The van der Waals surface area contributed by atoms with Crippen LogP contribution in [0.5, 0.6) is 5.75 Å². The van der Waals surface area contributed by atoms with Crippen LogP contribution in [0.15, 0.2) is 30.3 Å². The van der Waals surface area contributed by atoms with Gasteiger partial charge >= 0.3 is 85.4 Å². The molecule has 1 rings (SSSR count). The molecule has 6 heteroatoms. The fraction of sp³-hybridized carbons (Fsp3) is 0. The molecule has 0 atom stereocenters. The summed E-state index contributed by atoms with van der Waals surface area (Å²) in [5.74, 6) is 0.332. The molecule has 0 saturated heterocycles. The van der Waals surface area contributed by atoms with Crippen LogP contribution in [0.4, 0.5) is 0 Å². The molecule has 0 aliphatic carbocycles. The van der Waals surface area contributed by atoms with E-state index < -0.39 is 28.4 Å². The topological polar surface area (TPSA) is 43.4 Å². The van der Waals surface area contributed by atoms with Crippen LogP contribution in [0.1, 0.15) is 0 Å². The first-order chi connectivity index (χ1) is 5.64. The van der Waals surface area contributed by atoms with Gasteiger partial charge in [-0.15, -0.1) is 0 Å². The molecule has 0 fully saturated rings. The second-order valence-electron chi connectivity index (χ2n) is 2.06. The van der Waals surface area contributed by atoms with Crippen LogP contribution in [0.2, 0.25) is 0 Å². The van der Waals surface area contributed by atoms with Gasteiger partial charge in [0.15, 0.2) is 0 Å². The predicted molar refractivity (Wildman–Crippen MR) is 41.8 cm³/mol. The van der Waals surface area contributed by atoms with Crippen LogP contribution in [0.25, 0.3) is 0 Å². The molecular weight excluding hydrogens is 388 g/mol. The van der Waals surface area contributed by atoms with Gasteiger partial charge in [-0.1, -0.05) is 0 Å². The summed E-state index contributed by atoms with van der Waals surface area (Å²) >= 11 is -2.36. The minimum atomic E-state index is -3.38. The minimum absolute atomic E-state index is 0.332. The molecule has 0 unspecified atom stereocenters. The Hall–Kier alpha value is 0.195. The maximum absolute atomic E-state index is 10.9. The molecule has 0 radical (unpaired) electrons. The Balaban J connectivity index is 2.78. The van der Waals surface area contributed by atoms with E-state index in [1.807, 2.05) is 0 Å². The molecule has 0 saturated carbocycles. The van der Waals surface area contributed by atoms with Gasteiger partial charge in [0, 0.05) is 0 Å². The summed E-state index contributed by atoms with van der Waals surface area (Å²) in [5.41, 5.74) is 0. The van der Waals surface area contributed by atoms with E-state index in [-0.39, 0.29) is 0 Å². The summed E-state index contributed by atoms with van der Waals surface area (Å²) in [6.07, 6.45) is 0. The third-order valence-corrected chi connectivity index (χ3v) is 13.3. The second-order valence-corrected chi connectivity index (χ2v) is 20.1. The normalized spacial score (nSPS) is 10.4. The van der Waals surface area contributed by atoms with E-state index >= 15 is 0 Å². The Morgan fingerprint density at radius 3 is 2.33 bits per heavy atom. The Kier molecular flexibility index (Phi) is 3.80. The Labute approximate surface area is 84.8 Å². The van der Waals surface area contributed by atoms with E-state index in [2.05, 4.69) is 0 Å². The Morgan fingerprint density at radius 2 is 1.83 bits per heavy atom. The number of para-hydroxylation sites is 1. The monoisotopic (exact) mass is 394 g/mol. The van der Waals surface area contributed by atoms with E-state index in [0.29, 0.717) is 5.75 Å². The van der Waals surface area contributed by atoms with Crippen molar-refractivity contribution in [2.45, 2.75) is 0 Å². The quantitative estimate of drug-likeness (QED) is 0.733. The van der Waals surface area contributed by atoms with Crippen LogP contribution >= 0.6 is 8.25 Å². The standard InChI is InChI=1S/C6H5O3S.ClH.Hg/c7-10(8)9-6-4-2-1-3-5-6;;/h1-5H;1H;/q;;+1/p-1. The molecule has 12 heavy (non-hydrogen) atoms. The van der Waals surface area contributed by atoms with Crippen molar-refractivity contribution in [3.8, 4) is 5.75 Å². The van der Waals surface area contributed by atoms with E-state index in [4.69, 9.17) is 12.4 Å². The molecule has 0 N–H and O–H groups in total. The van der Waals surface area contributed by atoms with E-state index in [1.165, 1.54) is 0 Å². The second kappa shape index (κ2) is 4.44. The van der Waals surface area contributed by atoms with Gasteiger partial charge in [0.1, 0.15) is 0 Å². The maximum atomic E-state index is 10.9. The number of halogens is 1. The third-order valence-electron chi connectivity index (χ3n) is 1.10. The van der Waals surface area contributed by atoms with E-state index in [0.717, 1.165) is 0 Å². The van der Waals surface area contributed by atoms with Crippen molar-refractivity contribution in [1.82, 2.24) is 0 Å². The van der Waals surface area contributed by atoms with Crippen molar-refractivity contribution in [3.63, 3.8) is 0 Å². The molecule has 0 spiro atoms. The van der Waals surface area contributed by atoms with E-state index in [9.17, 15) is 8.42 Å². The molecule has 0 aliphatic heterocycles. The van der Waals surface area contributed by atoms with Gasteiger partial charge in [-0.3, -0.25) is 0 Å². The first kappa shape index (κ1) is 10.3. The predicted octanol–water partition coefficient (Wildman–Crippen LogP) is 1.55. The molecule has 0 aromatic heterocycles. The average molecular weight is 393 g/mol. The van der Waals surface area contributed by atoms with Crippen LogP contribution in [0.3, 0.4) is 0 Å². The van der Waals surface area contributed by atoms with Crippen molar-refractivity contribution < 1.29 is 34.4 Å². The molecule has 3 nitrogen and oxygen atoms in total. The molecule has 62 valence electrons. The molecule has 1 aromatic carbocycles. The van der Waals surface area contributed by atoms with Gasteiger partial charge in [-0.25, -0.2) is 0 Å². The summed E-state index contributed by atoms with van der Waals surface area (Å²) in [7, 11) is 5.35. The summed E-state index contributed by atoms with van der Waals surface area (Å²) in [6, 6.07) is 8.35. The molecular formula is C6H5ClHgO3S. The third kappa shape index (κ3) is 3.29. The molecule has 0 bridgehead atoms. The van der Waals surface area contributed by atoms with Gasteiger partial charge in [0.25, 0.3) is 0 Å². The van der Waals surface area contributed by atoms with Crippen molar-refractivity contribution >= 4 is 14.8 Å². The van der Waals surface area contributed by atoms with Gasteiger partial charge in [0.05, 0.1) is 0 Å². The molecule has 0 aliphatic rings. The molecule has 1 aromatic rings. The van der Waals surface area contributed by atoms with Crippen LogP contribution in [-0.4, -0.2) is 8.42 Å². The fourth-order valence-corrected chi connectivity index (χ4v) is 4.37.